The van der Waals surface area contributed by atoms with Crippen LogP contribution in [0.25, 0.3) is 16.6 Å². The standard InChI is InChI=1S/C24H20N4O4S/c1-15-7-10-17(11-8-15)27-23(30)19-5-3-4-6-20(19)26-24(27)33-14-22(29)25-21-13-18(28(31)32)12-9-16(21)2/h3-13H,14H2,1-2H3,(H,25,29). The third kappa shape index (κ3) is 4.78. The normalized spacial score (nSPS) is 10.8. The van der Waals surface area contributed by atoms with Crippen LogP contribution in [0, 0.1) is 24.0 Å². The number of thioether (sulfide) groups is 1. The zero-order valence-electron chi connectivity index (χ0n) is 17.9. The van der Waals surface area contributed by atoms with Gasteiger partial charge in [0.05, 0.1) is 33.0 Å². The van der Waals surface area contributed by atoms with Crippen LogP contribution in [0.4, 0.5) is 11.4 Å². The van der Waals surface area contributed by atoms with Gasteiger partial charge in [-0.2, -0.15) is 0 Å². The summed E-state index contributed by atoms with van der Waals surface area (Å²) in [5.74, 6) is -0.389. The van der Waals surface area contributed by atoms with Crippen molar-refractivity contribution in [3.8, 4) is 5.69 Å². The van der Waals surface area contributed by atoms with E-state index in [1.54, 1.807) is 37.3 Å². The molecule has 4 rings (SSSR count). The van der Waals surface area contributed by atoms with Crippen LogP contribution >= 0.6 is 11.8 Å². The number of para-hydroxylation sites is 1. The van der Waals surface area contributed by atoms with Crippen LogP contribution in [0.1, 0.15) is 11.1 Å². The minimum atomic E-state index is -0.511. The molecule has 1 N–H and O–H groups in total. The Morgan fingerprint density at radius 2 is 1.82 bits per heavy atom. The topological polar surface area (TPSA) is 107 Å². The number of carbonyl (C=O) groups is 1. The molecule has 0 atom stereocenters. The van der Waals surface area contributed by atoms with Crippen molar-refractivity contribution in [2.45, 2.75) is 19.0 Å². The fourth-order valence-corrected chi connectivity index (χ4v) is 4.12. The highest BCUT2D eigenvalue weighted by molar-refractivity contribution is 7.99. The van der Waals surface area contributed by atoms with Crippen LogP contribution in [0.2, 0.25) is 0 Å². The molecule has 1 aromatic heterocycles. The molecule has 0 aliphatic rings. The Hall–Kier alpha value is -3.98. The Labute approximate surface area is 193 Å². The number of benzene rings is 3. The molecule has 0 spiro atoms. The molecule has 0 aliphatic carbocycles. The molecule has 0 aliphatic heterocycles. The number of non-ortho nitro benzene ring substituents is 1. The van der Waals surface area contributed by atoms with E-state index in [0.717, 1.165) is 17.3 Å². The van der Waals surface area contributed by atoms with Crippen molar-refractivity contribution < 1.29 is 9.72 Å². The average Bonchev–Trinajstić information content (AvgIpc) is 2.80. The van der Waals surface area contributed by atoms with Crippen LogP contribution in [0.15, 0.2) is 76.7 Å². The lowest BCUT2D eigenvalue weighted by atomic mass is 10.2. The molecule has 0 unspecified atom stereocenters. The van der Waals surface area contributed by atoms with Gasteiger partial charge in [-0.3, -0.25) is 24.3 Å². The minimum absolute atomic E-state index is 0.0290. The molecule has 0 saturated heterocycles. The summed E-state index contributed by atoms with van der Waals surface area (Å²) >= 11 is 1.12. The average molecular weight is 461 g/mol. The zero-order valence-corrected chi connectivity index (χ0v) is 18.8. The summed E-state index contributed by atoms with van der Waals surface area (Å²) in [4.78, 5) is 41.1. The van der Waals surface area contributed by atoms with Gasteiger partial charge in [0.2, 0.25) is 5.91 Å². The lowest BCUT2D eigenvalue weighted by molar-refractivity contribution is -0.384. The van der Waals surface area contributed by atoms with Crippen molar-refractivity contribution in [3.05, 3.63) is 98.3 Å². The predicted octanol–water partition coefficient (Wildman–Crippen LogP) is 4.64. The number of anilines is 1. The molecular weight excluding hydrogens is 440 g/mol. The lowest BCUT2D eigenvalue weighted by Gasteiger charge is -2.14. The molecule has 3 aromatic carbocycles. The molecule has 0 radical (unpaired) electrons. The van der Waals surface area contributed by atoms with Gasteiger partial charge in [0.1, 0.15) is 0 Å². The van der Waals surface area contributed by atoms with Gasteiger partial charge in [-0.25, -0.2) is 4.98 Å². The van der Waals surface area contributed by atoms with Crippen molar-refractivity contribution in [2.75, 3.05) is 11.1 Å². The van der Waals surface area contributed by atoms with E-state index in [2.05, 4.69) is 10.3 Å². The first-order valence-electron chi connectivity index (χ1n) is 10.1. The van der Waals surface area contributed by atoms with E-state index in [1.165, 1.54) is 16.7 Å². The van der Waals surface area contributed by atoms with Crippen LogP contribution in [-0.4, -0.2) is 26.1 Å². The van der Waals surface area contributed by atoms with E-state index in [1.807, 2.05) is 31.2 Å². The Balaban J connectivity index is 1.65. The molecule has 0 saturated carbocycles. The highest BCUT2D eigenvalue weighted by Crippen LogP contribution is 2.24. The summed E-state index contributed by atoms with van der Waals surface area (Å²) in [5, 5.41) is 14.6. The predicted molar refractivity (Wildman–Crippen MR) is 129 cm³/mol. The minimum Gasteiger partial charge on any atom is -0.325 e. The number of fused-ring (bicyclic) bond motifs is 1. The third-order valence-electron chi connectivity index (χ3n) is 5.08. The molecule has 8 nitrogen and oxygen atoms in total. The van der Waals surface area contributed by atoms with E-state index < -0.39 is 4.92 Å². The largest absolute Gasteiger partial charge is 0.325 e. The fourth-order valence-electron chi connectivity index (χ4n) is 3.31. The maximum absolute atomic E-state index is 13.3. The second-order valence-corrected chi connectivity index (χ2v) is 8.42. The van der Waals surface area contributed by atoms with Crippen molar-refractivity contribution in [1.82, 2.24) is 9.55 Å². The van der Waals surface area contributed by atoms with Gasteiger partial charge in [0.25, 0.3) is 11.2 Å². The van der Waals surface area contributed by atoms with Gasteiger partial charge in [-0.1, -0.05) is 47.7 Å². The lowest BCUT2D eigenvalue weighted by Crippen LogP contribution is -2.23. The highest BCUT2D eigenvalue weighted by Gasteiger charge is 2.16. The van der Waals surface area contributed by atoms with Crippen LogP contribution in [0.3, 0.4) is 0 Å². The van der Waals surface area contributed by atoms with Crippen molar-refractivity contribution in [2.24, 2.45) is 0 Å². The Bertz CT molecular complexity index is 1430. The molecule has 0 fully saturated rings. The van der Waals surface area contributed by atoms with Gasteiger partial charge in [0.15, 0.2) is 5.16 Å². The fraction of sp³-hybridized carbons (Fsp3) is 0.125. The molecule has 9 heteroatoms. The van der Waals surface area contributed by atoms with Gasteiger partial charge in [0, 0.05) is 12.1 Å². The van der Waals surface area contributed by atoms with Gasteiger partial charge in [-0.15, -0.1) is 0 Å². The number of nitro groups is 1. The Morgan fingerprint density at radius 3 is 2.55 bits per heavy atom. The summed E-state index contributed by atoms with van der Waals surface area (Å²) < 4.78 is 1.50. The van der Waals surface area contributed by atoms with Gasteiger partial charge in [-0.05, 0) is 43.7 Å². The number of nitro benzene ring substituents is 1. The van der Waals surface area contributed by atoms with Gasteiger partial charge < -0.3 is 5.32 Å². The second kappa shape index (κ2) is 9.25. The van der Waals surface area contributed by atoms with Crippen LogP contribution in [0.5, 0.6) is 0 Å². The van der Waals surface area contributed by atoms with E-state index in [0.29, 0.717) is 33.0 Å². The number of nitrogens with zero attached hydrogens (tertiary/aromatic N) is 3. The molecule has 33 heavy (non-hydrogen) atoms. The number of hydrogen-bond donors (Lipinski definition) is 1. The number of aryl methyl sites for hydroxylation is 2. The summed E-state index contributed by atoms with van der Waals surface area (Å²) in [6.07, 6.45) is 0. The number of rotatable bonds is 6. The first-order chi connectivity index (χ1) is 15.8. The summed E-state index contributed by atoms with van der Waals surface area (Å²) in [6.45, 7) is 3.72. The Kier molecular flexibility index (Phi) is 6.23. The second-order valence-electron chi connectivity index (χ2n) is 7.48. The summed E-state index contributed by atoms with van der Waals surface area (Å²) in [5.41, 5.74) is 3.01. The smallest absolute Gasteiger partial charge is 0.271 e. The van der Waals surface area contributed by atoms with E-state index in [4.69, 9.17) is 0 Å². The maximum Gasteiger partial charge on any atom is 0.271 e. The van der Waals surface area contributed by atoms with E-state index in [-0.39, 0.29) is 22.9 Å². The molecule has 0 bridgehead atoms. The number of hydrogen-bond acceptors (Lipinski definition) is 6. The molecular formula is C24H20N4O4S. The van der Waals surface area contributed by atoms with E-state index >= 15 is 0 Å². The summed E-state index contributed by atoms with van der Waals surface area (Å²) in [6, 6.07) is 18.9. The first-order valence-corrected chi connectivity index (χ1v) is 11.1. The first kappa shape index (κ1) is 22.2. The highest BCUT2D eigenvalue weighted by atomic mass is 32.2. The molecule has 166 valence electrons. The zero-order chi connectivity index (χ0) is 23.5. The third-order valence-corrected chi connectivity index (χ3v) is 6.01. The van der Waals surface area contributed by atoms with E-state index in [9.17, 15) is 19.7 Å². The van der Waals surface area contributed by atoms with Crippen LogP contribution in [-0.2, 0) is 4.79 Å². The van der Waals surface area contributed by atoms with Crippen molar-refractivity contribution in [3.63, 3.8) is 0 Å². The van der Waals surface area contributed by atoms with Crippen molar-refractivity contribution >= 4 is 39.9 Å². The molecule has 1 heterocycles. The SMILES string of the molecule is Cc1ccc(-n2c(SCC(=O)Nc3cc([N+](=O)[O-])ccc3C)nc3ccccc3c2=O)cc1. The quantitative estimate of drug-likeness (QED) is 0.194. The van der Waals surface area contributed by atoms with Crippen LogP contribution < -0.4 is 10.9 Å². The number of nitrogens with one attached hydrogen (secondary N) is 1. The summed E-state index contributed by atoms with van der Waals surface area (Å²) in [7, 11) is 0. The Morgan fingerprint density at radius 1 is 1.09 bits per heavy atom. The molecule has 4 aromatic rings. The monoisotopic (exact) mass is 460 g/mol. The molecule has 1 amide bonds. The number of amides is 1. The number of aromatic nitrogens is 2. The van der Waals surface area contributed by atoms with Gasteiger partial charge >= 0.3 is 0 Å². The van der Waals surface area contributed by atoms with Crippen molar-refractivity contribution in [1.29, 1.82) is 0 Å². The maximum atomic E-state index is 13.3. The number of carbonyl (C=O) groups excluding carboxylic acids is 1.